The zero-order chi connectivity index (χ0) is 27.7. The van der Waals surface area contributed by atoms with Crippen LogP contribution in [0.2, 0.25) is 0 Å². The number of pyridine rings is 2. The fraction of sp³-hybridized carbons (Fsp3) is 0.100. The van der Waals surface area contributed by atoms with E-state index in [0.29, 0.717) is 0 Å². The van der Waals surface area contributed by atoms with Gasteiger partial charge in [0.2, 0.25) is 0 Å². The Morgan fingerprint density at radius 3 is 2.26 bits per heavy atom. The zero-order valence-corrected chi connectivity index (χ0v) is 22.4. The fourth-order valence-electron chi connectivity index (χ4n) is 4.46. The Kier molecular flexibility index (Phi) is 6.86. The van der Waals surface area contributed by atoms with Gasteiger partial charge < -0.3 is 0 Å². The summed E-state index contributed by atoms with van der Waals surface area (Å²) in [5.74, 6) is 0. The first-order chi connectivity index (χ1) is 18.6. The molecule has 0 bridgehead atoms. The predicted octanol–water partition coefficient (Wildman–Crippen LogP) is 5.49. The van der Waals surface area contributed by atoms with Crippen molar-refractivity contribution in [2.75, 3.05) is 0 Å². The lowest BCUT2D eigenvalue weighted by molar-refractivity contribution is 0.483. The molecule has 0 atom stereocenters. The fourth-order valence-corrected chi connectivity index (χ4v) is 4.94. The van der Waals surface area contributed by atoms with Crippen molar-refractivity contribution in [2.24, 2.45) is 7.05 Å². The van der Waals surface area contributed by atoms with Crippen LogP contribution in [0.5, 0.6) is 0 Å². The Labute approximate surface area is 225 Å². The quantitative estimate of drug-likeness (QED) is 0.299. The highest BCUT2D eigenvalue weighted by Crippen LogP contribution is 2.30. The van der Waals surface area contributed by atoms with E-state index in [1.54, 1.807) is 40.7 Å². The van der Waals surface area contributed by atoms with Gasteiger partial charge in [-0.15, -0.1) is 0 Å². The molecule has 39 heavy (non-hydrogen) atoms. The van der Waals surface area contributed by atoms with Crippen molar-refractivity contribution >= 4 is 32.1 Å². The van der Waals surface area contributed by atoms with Gasteiger partial charge in [0.15, 0.2) is 0 Å². The number of rotatable bonds is 3. The summed E-state index contributed by atoms with van der Waals surface area (Å²) in [5, 5.41) is 0.944. The molecule has 196 valence electrons. The number of imidazole rings is 1. The first kappa shape index (κ1) is 26.0. The van der Waals surface area contributed by atoms with E-state index in [0.717, 1.165) is 49.9 Å². The summed E-state index contributed by atoms with van der Waals surface area (Å²) < 4.78 is 33.0. The second-order valence-corrected chi connectivity index (χ2v) is 10.6. The Balaban J connectivity index is 0.000000237. The molecule has 0 unspecified atom stereocenters. The Morgan fingerprint density at radius 1 is 0.846 bits per heavy atom. The van der Waals surface area contributed by atoms with Gasteiger partial charge in [0.05, 0.1) is 33.3 Å². The molecule has 1 N–H and O–H groups in total. The second kappa shape index (κ2) is 10.3. The third-order valence-corrected chi connectivity index (χ3v) is 7.42. The summed E-state index contributed by atoms with van der Waals surface area (Å²) in [6.45, 7) is 3.86. The lowest BCUT2D eigenvalue weighted by Gasteiger charge is -2.10. The van der Waals surface area contributed by atoms with E-state index in [-0.39, 0.29) is 10.6 Å². The molecule has 6 aromatic rings. The lowest BCUT2D eigenvalue weighted by Crippen LogP contribution is -2.21. The van der Waals surface area contributed by atoms with E-state index in [1.807, 2.05) is 68.6 Å². The van der Waals surface area contributed by atoms with E-state index >= 15 is 0 Å². The molecular formula is C30H26N4O4S. The maximum atomic E-state index is 13.1. The molecule has 3 heterocycles. The molecule has 3 aromatic heterocycles. The lowest BCUT2D eigenvalue weighted by atomic mass is 10.0. The number of para-hydroxylation sites is 1. The molecule has 3 aromatic carbocycles. The van der Waals surface area contributed by atoms with Crippen molar-refractivity contribution in [2.45, 2.75) is 18.7 Å². The van der Waals surface area contributed by atoms with Gasteiger partial charge in [-0.3, -0.25) is 23.7 Å². The van der Waals surface area contributed by atoms with Gasteiger partial charge in [-0.05, 0) is 61.4 Å². The number of nitrogens with zero attached hydrogens (tertiary/aromatic N) is 4. The molecule has 6 rings (SSSR count). The van der Waals surface area contributed by atoms with Crippen molar-refractivity contribution in [3.63, 3.8) is 0 Å². The Hall–Kier alpha value is -4.60. The van der Waals surface area contributed by atoms with Crippen molar-refractivity contribution in [3.8, 4) is 16.8 Å². The topological polar surface area (TPSA) is 107 Å². The van der Waals surface area contributed by atoms with Gasteiger partial charge in [-0.2, -0.15) is 8.42 Å². The van der Waals surface area contributed by atoms with Gasteiger partial charge in [-0.25, -0.2) is 4.79 Å². The van der Waals surface area contributed by atoms with Crippen LogP contribution in [-0.4, -0.2) is 32.1 Å². The first-order valence-electron chi connectivity index (χ1n) is 12.2. The van der Waals surface area contributed by atoms with Crippen LogP contribution in [-0.2, 0) is 17.2 Å². The molecule has 0 aliphatic heterocycles. The van der Waals surface area contributed by atoms with E-state index in [1.165, 1.54) is 12.1 Å². The van der Waals surface area contributed by atoms with Crippen molar-refractivity contribution in [1.29, 1.82) is 0 Å². The van der Waals surface area contributed by atoms with Crippen molar-refractivity contribution < 1.29 is 13.0 Å². The molecule has 0 saturated heterocycles. The summed E-state index contributed by atoms with van der Waals surface area (Å²) in [5.41, 5.74) is 7.42. The van der Waals surface area contributed by atoms with E-state index < -0.39 is 10.1 Å². The molecule has 0 fully saturated rings. The molecule has 0 saturated carbocycles. The average Bonchev–Trinajstić information content (AvgIpc) is 3.19. The minimum atomic E-state index is -4.02. The molecule has 0 aliphatic rings. The minimum Gasteiger partial charge on any atom is -0.293 e. The van der Waals surface area contributed by atoms with Gasteiger partial charge in [0, 0.05) is 30.4 Å². The molecule has 0 spiro atoms. The van der Waals surface area contributed by atoms with E-state index in [9.17, 15) is 13.2 Å². The molecule has 0 amide bonds. The monoisotopic (exact) mass is 538 g/mol. The molecule has 0 aliphatic carbocycles. The average molecular weight is 539 g/mol. The van der Waals surface area contributed by atoms with E-state index in [4.69, 9.17) is 4.55 Å². The number of hydrogen-bond donors (Lipinski definition) is 1. The smallest absolute Gasteiger partial charge is 0.293 e. The van der Waals surface area contributed by atoms with Gasteiger partial charge in [-0.1, -0.05) is 48.0 Å². The summed E-state index contributed by atoms with van der Waals surface area (Å²) in [6, 6.07) is 24.0. The van der Waals surface area contributed by atoms with Crippen LogP contribution in [0.3, 0.4) is 0 Å². The van der Waals surface area contributed by atoms with Crippen LogP contribution in [0.15, 0.2) is 107 Å². The first-order valence-corrected chi connectivity index (χ1v) is 13.6. The Morgan fingerprint density at radius 2 is 1.59 bits per heavy atom. The van der Waals surface area contributed by atoms with Gasteiger partial charge in [0.1, 0.15) is 0 Å². The largest absolute Gasteiger partial charge is 0.333 e. The third kappa shape index (κ3) is 5.09. The van der Waals surface area contributed by atoms with Crippen molar-refractivity contribution in [1.82, 2.24) is 19.1 Å². The number of aryl methyl sites for hydroxylation is 3. The summed E-state index contributed by atoms with van der Waals surface area (Å²) in [4.78, 5) is 21.9. The van der Waals surface area contributed by atoms with E-state index in [2.05, 4.69) is 16.0 Å². The number of aromatic nitrogens is 4. The van der Waals surface area contributed by atoms with Crippen LogP contribution in [0.4, 0.5) is 0 Å². The second-order valence-electron chi connectivity index (χ2n) is 9.22. The normalized spacial score (nSPS) is 11.4. The highest BCUT2D eigenvalue weighted by Gasteiger charge is 2.17. The van der Waals surface area contributed by atoms with Crippen LogP contribution in [0, 0.1) is 13.8 Å². The maximum Gasteiger partial charge on any atom is 0.333 e. The zero-order valence-electron chi connectivity index (χ0n) is 21.6. The minimum absolute atomic E-state index is 0.0666. The van der Waals surface area contributed by atoms with Crippen molar-refractivity contribution in [3.05, 3.63) is 119 Å². The predicted molar refractivity (Wildman–Crippen MR) is 153 cm³/mol. The van der Waals surface area contributed by atoms with Crippen LogP contribution in [0.25, 0.3) is 38.8 Å². The Bertz CT molecular complexity index is 1980. The molecule has 8 nitrogen and oxygen atoms in total. The number of benzene rings is 3. The van der Waals surface area contributed by atoms with Crippen LogP contribution in [0.1, 0.15) is 11.1 Å². The molecule has 0 radical (unpaired) electrons. The summed E-state index contributed by atoms with van der Waals surface area (Å²) in [6.07, 6.45) is 5.38. The summed E-state index contributed by atoms with van der Waals surface area (Å²) in [7, 11) is -2.23. The maximum absolute atomic E-state index is 13.1. The van der Waals surface area contributed by atoms with Gasteiger partial charge >= 0.3 is 5.69 Å². The van der Waals surface area contributed by atoms with Crippen LogP contribution >= 0.6 is 0 Å². The molecule has 9 heteroatoms. The number of hydrogen-bond acceptors (Lipinski definition) is 5. The highest BCUT2D eigenvalue weighted by atomic mass is 32.2. The molecular weight excluding hydrogens is 512 g/mol. The van der Waals surface area contributed by atoms with Crippen LogP contribution < -0.4 is 5.69 Å². The number of fused-ring (bicyclic) bond motifs is 3. The van der Waals surface area contributed by atoms with Gasteiger partial charge in [0.25, 0.3) is 10.1 Å². The SMILES string of the molecule is Cc1ccc(S(=O)(=O)O)cc1.Cc1ccccc1-n1c(=O)n(C)c2cnc3ccc(-c4cccnc4)cc3c21. The summed E-state index contributed by atoms with van der Waals surface area (Å²) >= 11 is 0. The third-order valence-electron chi connectivity index (χ3n) is 6.55. The highest BCUT2D eigenvalue weighted by molar-refractivity contribution is 7.85. The standard InChI is InChI=1S/C23H18N4O.C7H8O3S/c1-15-6-3-4-8-20(15)27-22-18-12-16(17-7-5-11-24-13-17)9-10-19(18)25-14-21(22)26(2)23(27)28;1-6-2-4-7(5-3-6)11(8,9)10/h3-14H,1-2H3;2-5H,1H3,(H,8,9,10).